The molecule has 0 N–H and O–H groups in total. The van der Waals surface area contributed by atoms with Gasteiger partial charge in [-0.25, -0.2) is 4.79 Å². The number of hydrogen-bond donors (Lipinski definition) is 0. The zero-order valence-electron chi connectivity index (χ0n) is 11.1. The predicted molar refractivity (Wildman–Crippen MR) is 69.6 cm³/mol. The van der Waals surface area contributed by atoms with Crippen LogP contribution in [0.1, 0.15) is 46.2 Å². The van der Waals surface area contributed by atoms with E-state index in [1.54, 1.807) is 4.57 Å². The molecule has 0 fully saturated rings. The largest absolute Gasteiger partial charge is 0.420 e. The summed E-state index contributed by atoms with van der Waals surface area (Å²) in [5.41, 5.74) is 2.83. The highest BCUT2D eigenvalue weighted by Gasteiger charge is 2.17. The second-order valence-electron chi connectivity index (χ2n) is 5.76. The van der Waals surface area contributed by atoms with Crippen molar-refractivity contribution in [3.05, 3.63) is 34.3 Å². The highest BCUT2D eigenvalue weighted by molar-refractivity contribution is 5.74. The summed E-state index contributed by atoms with van der Waals surface area (Å²) in [6.07, 6.45) is 0. The van der Waals surface area contributed by atoms with Crippen LogP contribution in [0, 0.1) is 0 Å². The lowest BCUT2D eigenvalue weighted by Crippen LogP contribution is -2.16. The average Bonchev–Trinajstić information content (AvgIpc) is 2.50. The Kier molecular flexibility index (Phi) is 2.64. The Morgan fingerprint density at radius 2 is 1.88 bits per heavy atom. The lowest BCUT2D eigenvalue weighted by Gasteiger charge is -2.19. The first kappa shape index (κ1) is 12.0. The van der Waals surface area contributed by atoms with E-state index in [2.05, 4.69) is 26.8 Å². The average molecular weight is 233 g/mol. The lowest BCUT2D eigenvalue weighted by molar-refractivity contribution is 0.478. The van der Waals surface area contributed by atoms with E-state index in [0.717, 1.165) is 5.52 Å². The highest BCUT2D eigenvalue weighted by atomic mass is 16.4. The summed E-state index contributed by atoms with van der Waals surface area (Å²) >= 11 is 0. The smallest absolute Gasteiger partial charge is 0.408 e. The molecule has 1 aromatic carbocycles. The van der Waals surface area contributed by atoms with Crippen LogP contribution in [0.4, 0.5) is 0 Å². The van der Waals surface area contributed by atoms with Crippen molar-refractivity contribution in [1.29, 1.82) is 0 Å². The fourth-order valence-corrected chi connectivity index (χ4v) is 1.99. The van der Waals surface area contributed by atoms with Gasteiger partial charge in [0, 0.05) is 6.04 Å². The van der Waals surface area contributed by atoms with Gasteiger partial charge in [-0.05, 0) is 37.0 Å². The first-order chi connectivity index (χ1) is 7.80. The molecule has 0 radical (unpaired) electrons. The van der Waals surface area contributed by atoms with E-state index in [9.17, 15) is 4.79 Å². The number of oxazole rings is 1. The summed E-state index contributed by atoms with van der Waals surface area (Å²) in [7, 11) is 0. The molecule has 92 valence electrons. The summed E-state index contributed by atoms with van der Waals surface area (Å²) < 4.78 is 6.93. The SMILES string of the molecule is CC(C)n1c(=O)oc2ccc(C(C)(C)C)cc21. The maximum Gasteiger partial charge on any atom is 0.420 e. The number of benzene rings is 1. The topological polar surface area (TPSA) is 35.1 Å². The second-order valence-corrected chi connectivity index (χ2v) is 5.76. The van der Waals surface area contributed by atoms with Crippen LogP contribution in [0.25, 0.3) is 11.1 Å². The number of rotatable bonds is 1. The molecular formula is C14H19NO2. The third-order valence-corrected chi connectivity index (χ3v) is 2.99. The van der Waals surface area contributed by atoms with Crippen LogP contribution in [0.5, 0.6) is 0 Å². The molecule has 17 heavy (non-hydrogen) atoms. The van der Waals surface area contributed by atoms with Gasteiger partial charge >= 0.3 is 5.76 Å². The molecule has 0 aliphatic rings. The third kappa shape index (κ3) is 2.02. The van der Waals surface area contributed by atoms with Crippen molar-refractivity contribution in [3.63, 3.8) is 0 Å². The van der Waals surface area contributed by atoms with E-state index in [1.165, 1.54) is 5.56 Å². The summed E-state index contributed by atoms with van der Waals surface area (Å²) in [6.45, 7) is 10.4. The minimum Gasteiger partial charge on any atom is -0.408 e. The van der Waals surface area contributed by atoms with Crippen molar-refractivity contribution in [2.45, 2.75) is 46.1 Å². The Morgan fingerprint density at radius 3 is 2.41 bits per heavy atom. The molecule has 0 aliphatic carbocycles. The Bertz CT molecular complexity index is 597. The molecule has 0 bridgehead atoms. The van der Waals surface area contributed by atoms with E-state index in [4.69, 9.17) is 4.42 Å². The summed E-state index contributed by atoms with van der Waals surface area (Å²) in [6, 6.07) is 6.07. The normalized spacial score (nSPS) is 12.6. The molecule has 0 saturated carbocycles. The summed E-state index contributed by atoms with van der Waals surface area (Å²) in [5.74, 6) is -0.277. The van der Waals surface area contributed by atoms with Gasteiger partial charge in [-0.2, -0.15) is 0 Å². The molecule has 3 nitrogen and oxygen atoms in total. The molecule has 0 spiro atoms. The maximum atomic E-state index is 11.7. The van der Waals surface area contributed by atoms with Gasteiger partial charge in [-0.3, -0.25) is 4.57 Å². The van der Waals surface area contributed by atoms with Crippen LogP contribution in [0.2, 0.25) is 0 Å². The van der Waals surface area contributed by atoms with E-state index < -0.39 is 0 Å². The van der Waals surface area contributed by atoms with E-state index in [1.807, 2.05) is 26.0 Å². The summed E-state index contributed by atoms with van der Waals surface area (Å²) in [5, 5.41) is 0. The van der Waals surface area contributed by atoms with Crippen molar-refractivity contribution in [1.82, 2.24) is 4.57 Å². The number of nitrogens with zero attached hydrogens (tertiary/aromatic N) is 1. The van der Waals surface area contributed by atoms with Crippen molar-refractivity contribution in [2.24, 2.45) is 0 Å². The minimum absolute atomic E-state index is 0.0727. The standard InChI is InChI=1S/C14H19NO2/c1-9(2)15-11-8-10(14(3,4)5)6-7-12(11)17-13(15)16/h6-9H,1-5H3. The molecular weight excluding hydrogens is 214 g/mol. The molecule has 1 aromatic heterocycles. The van der Waals surface area contributed by atoms with Gasteiger partial charge in [0.2, 0.25) is 0 Å². The zero-order valence-corrected chi connectivity index (χ0v) is 11.1. The van der Waals surface area contributed by atoms with Gasteiger partial charge in [0.15, 0.2) is 5.58 Å². The Labute approximate surface area is 101 Å². The first-order valence-corrected chi connectivity index (χ1v) is 5.96. The van der Waals surface area contributed by atoms with Gasteiger partial charge in [-0.1, -0.05) is 26.8 Å². The van der Waals surface area contributed by atoms with Crippen LogP contribution in [-0.4, -0.2) is 4.57 Å². The molecule has 0 unspecified atom stereocenters. The van der Waals surface area contributed by atoms with E-state index in [0.29, 0.717) is 5.58 Å². The minimum atomic E-state index is -0.277. The second kappa shape index (κ2) is 3.76. The molecule has 1 heterocycles. The molecule has 3 heteroatoms. The van der Waals surface area contributed by atoms with Gasteiger partial charge in [-0.15, -0.1) is 0 Å². The molecule has 0 atom stereocenters. The maximum absolute atomic E-state index is 11.7. The van der Waals surface area contributed by atoms with Gasteiger partial charge in [0.1, 0.15) is 0 Å². The lowest BCUT2D eigenvalue weighted by atomic mass is 9.87. The number of hydrogen-bond acceptors (Lipinski definition) is 2. The van der Waals surface area contributed by atoms with E-state index >= 15 is 0 Å². The van der Waals surface area contributed by atoms with Crippen molar-refractivity contribution in [3.8, 4) is 0 Å². The van der Waals surface area contributed by atoms with Gasteiger partial charge in [0.05, 0.1) is 5.52 Å². The van der Waals surface area contributed by atoms with E-state index in [-0.39, 0.29) is 17.2 Å². The van der Waals surface area contributed by atoms with Crippen LogP contribution in [0.3, 0.4) is 0 Å². The van der Waals surface area contributed by atoms with Crippen molar-refractivity contribution >= 4 is 11.1 Å². The number of fused-ring (bicyclic) bond motifs is 1. The zero-order chi connectivity index (χ0) is 12.8. The fourth-order valence-electron chi connectivity index (χ4n) is 1.99. The first-order valence-electron chi connectivity index (χ1n) is 5.96. The Balaban J connectivity index is 2.76. The van der Waals surface area contributed by atoms with Gasteiger partial charge in [0.25, 0.3) is 0 Å². The molecule has 0 aliphatic heterocycles. The van der Waals surface area contributed by atoms with Gasteiger partial charge < -0.3 is 4.42 Å². The molecule has 0 saturated heterocycles. The Hall–Kier alpha value is -1.51. The highest BCUT2D eigenvalue weighted by Crippen LogP contribution is 2.26. The van der Waals surface area contributed by atoms with Crippen LogP contribution < -0.4 is 5.76 Å². The number of aromatic nitrogens is 1. The van der Waals surface area contributed by atoms with Crippen LogP contribution in [0.15, 0.2) is 27.4 Å². The Morgan fingerprint density at radius 1 is 1.24 bits per heavy atom. The molecule has 0 amide bonds. The van der Waals surface area contributed by atoms with Crippen LogP contribution >= 0.6 is 0 Å². The molecule has 2 aromatic rings. The van der Waals surface area contributed by atoms with Crippen molar-refractivity contribution < 1.29 is 4.42 Å². The quantitative estimate of drug-likeness (QED) is 0.756. The van der Waals surface area contributed by atoms with Crippen LogP contribution in [-0.2, 0) is 5.41 Å². The fraction of sp³-hybridized carbons (Fsp3) is 0.500. The predicted octanol–water partition coefficient (Wildman–Crippen LogP) is 3.47. The third-order valence-electron chi connectivity index (χ3n) is 2.99. The monoisotopic (exact) mass is 233 g/mol. The van der Waals surface area contributed by atoms with Crippen molar-refractivity contribution in [2.75, 3.05) is 0 Å². The summed E-state index contributed by atoms with van der Waals surface area (Å²) in [4.78, 5) is 11.7. The molecule has 2 rings (SSSR count).